The molecule has 1 aromatic carbocycles. The van der Waals surface area contributed by atoms with Gasteiger partial charge in [0.05, 0.1) is 11.7 Å². The number of pyridine rings is 1. The van der Waals surface area contributed by atoms with Crippen LogP contribution >= 0.6 is 0 Å². The summed E-state index contributed by atoms with van der Waals surface area (Å²) in [4.78, 5) is 3.07. The summed E-state index contributed by atoms with van der Waals surface area (Å²) >= 11 is 0. The van der Waals surface area contributed by atoms with E-state index in [-0.39, 0.29) is 6.73 Å². The number of aromatic nitrogens is 3. The maximum absolute atomic E-state index is 13.3. The Kier molecular flexibility index (Phi) is 3.02. The van der Waals surface area contributed by atoms with Gasteiger partial charge in [-0.1, -0.05) is 18.2 Å². The lowest BCUT2D eigenvalue weighted by Gasteiger charge is -2.07. The number of fused-ring (bicyclic) bond motifs is 1. The molecule has 0 fully saturated rings. The summed E-state index contributed by atoms with van der Waals surface area (Å²) in [5.74, 6) is -4.45. The molecule has 0 bridgehead atoms. The standard InChI is InChI=1S/C13H8F3N3O/c14-9-5-10(15)13(18-12(9)16)20-7-19-11-4-2-1-3-8(11)6-17-19/h1-6H,7H2. The van der Waals surface area contributed by atoms with Crippen molar-refractivity contribution in [2.75, 3.05) is 0 Å². The molecule has 102 valence electrons. The Morgan fingerprint density at radius 2 is 1.90 bits per heavy atom. The van der Waals surface area contributed by atoms with Gasteiger partial charge in [-0.05, 0) is 6.07 Å². The summed E-state index contributed by atoms with van der Waals surface area (Å²) in [6.45, 7) is -0.164. The average Bonchev–Trinajstić information content (AvgIpc) is 2.85. The van der Waals surface area contributed by atoms with Crippen LogP contribution in [-0.4, -0.2) is 14.8 Å². The molecule has 20 heavy (non-hydrogen) atoms. The van der Waals surface area contributed by atoms with Crippen LogP contribution in [0, 0.1) is 17.6 Å². The van der Waals surface area contributed by atoms with Gasteiger partial charge in [0.1, 0.15) is 0 Å². The van der Waals surface area contributed by atoms with Crippen molar-refractivity contribution in [1.82, 2.24) is 14.8 Å². The van der Waals surface area contributed by atoms with Crippen LogP contribution in [0.4, 0.5) is 13.2 Å². The lowest BCUT2D eigenvalue weighted by atomic mass is 10.3. The number of hydrogen-bond donors (Lipinski definition) is 0. The molecule has 2 heterocycles. The first-order chi connectivity index (χ1) is 9.65. The van der Waals surface area contributed by atoms with E-state index in [1.54, 1.807) is 12.3 Å². The van der Waals surface area contributed by atoms with E-state index in [1.165, 1.54) is 4.68 Å². The molecule has 0 saturated carbocycles. The van der Waals surface area contributed by atoms with E-state index in [1.807, 2.05) is 18.2 Å². The summed E-state index contributed by atoms with van der Waals surface area (Å²) in [6.07, 6.45) is 1.62. The second-order valence-corrected chi connectivity index (χ2v) is 4.02. The van der Waals surface area contributed by atoms with Crippen molar-refractivity contribution in [3.05, 3.63) is 54.1 Å². The first-order valence-electron chi connectivity index (χ1n) is 5.70. The number of para-hydroxylation sites is 1. The summed E-state index contributed by atoms with van der Waals surface area (Å²) in [5, 5.41) is 4.94. The second-order valence-electron chi connectivity index (χ2n) is 4.02. The van der Waals surface area contributed by atoms with E-state index in [2.05, 4.69) is 10.1 Å². The largest absolute Gasteiger partial charge is 0.452 e. The highest BCUT2D eigenvalue weighted by Crippen LogP contribution is 2.18. The molecule has 0 aliphatic carbocycles. The molecule has 3 rings (SSSR count). The van der Waals surface area contributed by atoms with Crippen molar-refractivity contribution in [2.24, 2.45) is 0 Å². The maximum atomic E-state index is 13.3. The van der Waals surface area contributed by atoms with Crippen molar-refractivity contribution >= 4 is 10.9 Å². The number of benzene rings is 1. The third-order valence-electron chi connectivity index (χ3n) is 2.73. The molecule has 0 amide bonds. The van der Waals surface area contributed by atoms with Gasteiger partial charge >= 0.3 is 0 Å². The molecular formula is C13H8F3N3O. The highest BCUT2D eigenvalue weighted by atomic mass is 19.2. The van der Waals surface area contributed by atoms with Gasteiger partial charge in [-0.25, -0.2) is 13.5 Å². The monoisotopic (exact) mass is 279 g/mol. The zero-order valence-electron chi connectivity index (χ0n) is 10.1. The lowest BCUT2D eigenvalue weighted by Crippen LogP contribution is -2.09. The van der Waals surface area contributed by atoms with E-state index >= 15 is 0 Å². The number of nitrogens with zero attached hydrogens (tertiary/aromatic N) is 3. The minimum Gasteiger partial charge on any atom is -0.452 e. The van der Waals surface area contributed by atoms with E-state index in [4.69, 9.17) is 4.74 Å². The minimum absolute atomic E-state index is 0.164. The zero-order valence-corrected chi connectivity index (χ0v) is 10.1. The molecule has 0 saturated heterocycles. The Morgan fingerprint density at radius 1 is 1.10 bits per heavy atom. The molecule has 0 radical (unpaired) electrons. The van der Waals surface area contributed by atoms with Crippen molar-refractivity contribution in [2.45, 2.75) is 6.73 Å². The maximum Gasteiger partial charge on any atom is 0.255 e. The quantitative estimate of drug-likeness (QED) is 0.692. The first-order valence-corrected chi connectivity index (χ1v) is 5.70. The smallest absolute Gasteiger partial charge is 0.255 e. The van der Waals surface area contributed by atoms with Gasteiger partial charge in [0.15, 0.2) is 18.4 Å². The van der Waals surface area contributed by atoms with Gasteiger partial charge < -0.3 is 4.74 Å². The van der Waals surface area contributed by atoms with Crippen LogP contribution in [0.25, 0.3) is 10.9 Å². The molecule has 3 aromatic rings. The molecule has 0 unspecified atom stereocenters. The number of hydrogen-bond acceptors (Lipinski definition) is 3. The molecule has 4 nitrogen and oxygen atoms in total. The number of ether oxygens (including phenoxy) is 1. The molecule has 7 heteroatoms. The van der Waals surface area contributed by atoms with E-state index in [0.717, 1.165) is 10.9 Å². The van der Waals surface area contributed by atoms with Crippen molar-refractivity contribution in [3.63, 3.8) is 0 Å². The fourth-order valence-electron chi connectivity index (χ4n) is 1.78. The first kappa shape index (κ1) is 12.5. The van der Waals surface area contributed by atoms with Gasteiger partial charge in [-0.15, -0.1) is 0 Å². The second kappa shape index (κ2) is 4.84. The Morgan fingerprint density at radius 3 is 2.75 bits per heavy atom. The van der Waals surface area contributed by atoms with Crippen molar-refractivity contribution in [1.29, 1.82) is 0 Å². The SMILES string of the molecule is Fc1cc(F)c(OCn2ncc3ccccc32)nc1F. The summed E-state index contributed by atoms with van der Waals surface area (Å²) in [6, 6.07) is 7.72. The normalized spacial score (nSPS) is 10.9. The van der Waals surface area contributed by atoms with Crippen LogP contribution in [0.3, 0.4) is 0 Å². The van der Waals surface area contributed by atoms with Gasteiger partial charge in [0, 0.05) is 11.5 Å². The van der Waals surface area contributed by atoms with Crippen molar-refractivity contribution < 1.29 is 17.9 Å². The third kappa shape index (κ3) is 2.18. The predicted octanol–water partition coefficient (Wildman–Crippen LogP) is 2.89. The minimum atomic E-state index is -1.41. The molecule has 0 spiro atoms. The highest BCUT2D eigenvalue weighted by Gasteiger charge is 2.13. The lowest BCUT2D eigenvalue weighted by molar-refractivity contribution is 0.202. The van der Waals surface area contributed by atoms with Crippen LogP contribution < -0.4 is 4.74 Å². The van der Waals surface area contributed by atoms with E-state index in [9.17, 15) is 13.2 Å². The van der Waals surface area contributed by atoms with Crippen LogP contribution in [0.5, 0.6) is 5.88 Å². The molecular weight excluding hydrogens is 271 g/mol. The van der Waals surface area contributed by atoms with Crippen LogP contribution in [0.2, 0.25) is 0 Å². The molecule has 0 aliphatic rings. The fourth-order valence-corrected chi connectivity index (χ4v) is 1.78. The molecule has 2 aromatic heterocycles. The zero-order chi connectivity index (χ0) is 14.1. The fraction of sp³-hybridized carbons (Fsp3) is 0.0769. The number of halogens is 3. The Bertz CT molecular complexity index is 773. The Balaban J connectivity index is 1.85. The Labute approximate surface area is 111 Å². The third-order valence-corrected chi connectivity index (χ3v) is 2.73. The molecule has 0 atom stereocenters. The van der Waals surface area contributed by atoms with E-state index in [0.29, 0.717) is 6.07 Å². The van der Waals surface area contributed by atoms with Gasteiger partial charge in [0.2, 0.25) is 0 Å². The highest BCUT2D eigenvalue weighted by molar-refractivity contribution is 5.78. The van der Waals surface area contributed by atoms with Gasteiger partial charge in [-0.3, -0.25) is 0 Å². The van der Waals surface area contributed by atoms with Crippen molar-refractivity contribution in [3.8, 4) is 5.88 Å². The number of rotatable bonds is 3. The Hall–Kier alpha value is -2.57. The van der Waals surface area contributed by atoms with Gasteiger partial charge in [-0.2, -0.15) is 14.5 Å². The molecule has 0 aliphatic heterocycles. The van der Waals surface area contributed by atoms with Gasteiger partial charge in [0.25, 0.3) is 11.8 Å². The average molecular weight is 279 g/mol. The summed E-state index contributed by atoms with van der Waals surface area (Å²) in [7, 11) is 0. The van der Waals surface area contributed by atoms with Crippen LogP contribution in [0.15, 0.2) is 36.5 Å². The van der Waals surface area contributed by atoms with Crippen LogP contribution in [0.1, 0.15) is 0 Å². The summed E-state index contributed by atoms with van der Waals surface area (Å²) < 4.78 is 45.5. The predicted molar refractivity (Wildman–Crippen MR) is 64.5 cm³/mol. The molecule has 0 N–H and O–H groups in total. The topological polar surface area (TPSA) is 39.9 Å². The van der Waals surface area contributed by atoms with Crippen LogP contribution in [-0.2, 0) is 6.73 Å². The van der Waals surface area contributed by atoms with E-state index < -0.39 is 23.5 Å². The summed E-state index contributed by atoms with van der Waals surface area (Å²) in [5.41, 5.74) is 0.774.